The fraction of sp³-hybridized carbons (Fsp3) is 0.600. The van der Waals surface area contributed by atoms with Gasteiger partial charge in [0, 0.05) is 0 Å². The summed E-state index contributed by atoms with van der Waals surface area (Å²) in [4.78, 5) is 0. The summed E-state index contributed by atoms with van der Waals surface area (Å²) in [6.07, 6.45) is 2.72. The first kappa shape index (κ1) is 14.2. The molecule has 0 heterocycles. The van der Waals surface area contributed by atoms with E-state index in [0.717, 1.165) is 29.6 Å². The average molecular weight is 236 g/mol. The van der Waals surface area contributed by atoms with Gasteiger partial charge in [0.2, 0.25) is 0 Å². The third-order valence-electron chi connectivity index (χ3n) is 3.70. The molecule has 17 heavy (non-hydrogen) atoms. The topological polar surface area (TPSA) is 40.5 Å². The highest BCUT2D eigenvalue weighted by atomic mass is 16.3. The minimum absolute atomic E-state index is 0.281. The first-order valence-electron chi connectivity index (χ1n) is 6.28. The van der Waals surface area contributed by atoms with E-state index in [9.17, 15) is 10.2 Å². The van der Waals surface area contributed by atoms with Gasteiger partial charge in [-0.1, -0.05) is 25.3 Å². The summed E-state index contributed by atoms with van der Waals surface area (Å²) in [5.74, 6) is 0.281. The Kier molecular flexibility index (Phi) is 5.16. The molecule has 0 unspecified atom stereocenters. The maximum Gasteiger partial charge on any atom is 0.0753 e. The van der Waals surface area contributed by atoms with E-state index in [1.807, 2.05) is 6.92 Å². The zero-order chi connectivity index (χ0) is 13.0. The second-order valence-electron chi connectivity index (χ2n) is 5.20. The molecule has 0 saturated heterocycles. The van der Waals surface area contributed by atoms with E-state index in [-0.39, 0.29) is 5.92 Å². The van der Waals surface area contributed by atoms with Crippen LogP contribution in [0.15, 0.2) is 36.5 Å². The minimum Gasteiger partial charge on any atom is -0.389 e. The standard InChI is InChI=1S/C15H24O2/c1-10(2)13-7-5-11(3)14(16)8-6-12(4)15(17)9-13/h13-17H,1,3-9H2,2H3/t13-,14+,15-/m1/s1. The molecule has 1 rings (SSSR count). The lowest BCUT2D eigenvalue weighted by atomic mass is 9.84. The Labute approximate surface area is 104 Å². The zero-order valence-corrected chi connectivity index (χ0v) is 10.8. The predicted octanol–water partition coefficient (Wildman–Crippen LogP) is 2.98. The van der Waals surface area contributed by atoms with E-state index >= 15 is 0 Å². The molecule has 0 aromatic carbocycles. The maximum atomic E-state index is 10.0. The van der Waals surface area contributed by atoms with Gasteiger partial charge in [-0.15, -0.1) is 0 Å². The van der Waals surface area contributed by atoms with Gasteiger partial charge in [0.1, 0.15) is 0 Å². The average Bonchev–Trinajstić information content (AvgIpc) is 2.28. The fourth-order valence-corrected chi connectivity index (χ4v) is 2.22. The van der Waals surface area contributed by atoms with Crippen molar-refractivity contribution in [2.24, 2.45) is 5.92 Å². The molecule has 1 fully saturated rings. The fourth-order valence-electron chi connectivity index (χ4n) is 2.22. The van der Waals surface area contributed by atoms with Crippen molar-refractivity contribution in [2.75, 3.05) is 0 Å². The third kappa shape index (κ3) is 4.14. The van der Waals surface area contributed by atoms with Gasteiger partial charge in [-0.3, -0.25) is 0 Å². The lowest BCUT2D eigenvalue weighted by molar-refractivity contribution is 0.157. The second-order valence-corrected chi connectivity index (χ2v) is 5.20. The van der Waals surface area contributed by atoms with E-state index in [1.54, 1.807) is 0 Å². The molecule has 1 aliphatic rings. The normalized spacial score (nSPS) is 32.3. The van der Waals surface area contributed by atoms with Gasteiger partial charge < -0.3 is 10.2 Å². The van der Waals surface area contributed by atoms with Crippen molar-refractivity contribution >= 4 is 0 Å². The molecule has 0 amide bonds. The molecule has 2 N–H and O–H groups in total. The predicted molar refractivity (Wildman–Crippen MR) is 71.7 cm³/mol. The van der Waals surface area contributed by atoms with Gasteiger partial charge in [0.05, 0.1) is 12.2 Å². The van der Waals surface area contributed by atoms with Gasteiger partial charge in [-0.05, 0) is 56.1 Å². The molecule has 3 atom stereocenters. The van der Waals surface area contributed by atoms with E-state index in [4.69, 9.17) is 0 Å². The Hall–Kier alpha value is -0.860. The highest BCUT2D eigenvalue weighted by molar-refractivity contribution is 5.11. The van der Waals surface area contributed by atoms with Gasteiger partial charge in [-0.2, -0.15) is 0 Å². The summed E-state index contributed by atoms with van der Waals surface area (Å²) < 4.78 is 0. The van der Waals surface area contributed by atoms with Crippen LogP contribution >= 0.6 is 0 Å². The van der Waals surface area contributed by atoms with Crippen molar-refractivity contribution in [2.45, 2.75) is 51.2 Å². The largest absolute Gasteiger partial charge is 0.389 e. The number of hydrogen-bond donors (Lipinski definition) is 2. The van der Waals surface area contributed by atoms with Gasteiger partial charge in [-0.25, -0.2) is 0 Å². The van der Waals surface area contributed by atoms with Crippen molar-refractivity contribution in [1.82, 2.24) is 0 Å². The second kappa shape index (κ2) is 6.18. The van der Waals surface area contributed by atoms with Crippen LogP contribution in [0.5, 0.6) is 0 Å². The molecular weight excluding hydrogens is 212 g/mol. The van der Waals surface area contributed by atoms with E-state index in [2.05, 4.69) is 19.7 Å². The smallest absolute Gasteiger partial charge is 0.0753 e. The van der Waals surface area contributed by atoms with Crippen LogP contribution in [0.4, 0.5) is 0 Å². The van der Waals surface area contributed by atoms with Crippen molar-refractivity contribution in [3.63, 3.8) is 0 Å². The summed E-state index contributed by atoms with van der Waals surface area (Å²) in [7, 11) is 0. The molecule has 1 aliphatic carbocycles. The summed E-state index contributed by atoms with van der Waals surface area (Å²) in [6, 6.07) is 0. The van der Waals surface area contributed by atoms with E-state index in [1.165, 1.54) is 0 Å². The Morgan fingerprint density at radius 1 is 1.06 bits per heavy atom. The van der Waals surface area contributed by atoms with E-state index in [0.29, 0.717) is 19.3 Å². The van der Waals surface area contributed by atoms with Crippen LogP contribution < -0.4 is 0 Å². The van der Waals surface area contributed by atoms with E-state index < -0.39 is 12.2 Å². The Morgan fingerprint density at radius 2 is 1.59 bits per heavy atom. The van der Waals surface area contributed by atoms with Crippen LogP contribution in [0.2, 0.25) is 0 Å². The summed E-state index contributed by atoms with van der Waals surface area (Å²) in [5.41, 5.74) is 2.78. The quantitative estimate of drug-likeness (QED) is 0.687. The number of hydrogen-bond acceptors (Lipinski definition) is 2. The van der Waals surface area contributed by atoms with Crippen LogP contribution in [0, 0.1) is 5.92 Å². The van der Waals surface area contributed by atoms with Crippen molar-refractivity contribution in [1.29, 1.82) is 0 Å². The molecule has 0 radical (unpaired) electrons. The molecule has 0 aromatic heterocycles. The Bertz CT molecular complexity index is 317. The van der Waals surface area contributed by atoms with Crippen LogP contribution in [-0.4, -0.2) is 22.4 Å². The monoisotopic (exact) mass is 236 g/mol. The Balaban J connectivity index is 2.77. The highest BCUT2D eigenvalue weighted by Crippen LogP contribution is 2.29. The van der Waals surface area contributed by atoms with Crippen molar-refractivity contribution in [3.05, 3.63) is 36.5 Å². The SMILES string of the molecule is C=C(C)[C@@H]1CCC(=C)[C@@H](O)CCC(=C)[C@H](O)C1. The Morgan fingerprint density at radius 3 is 2.18 bits per heavy atom. The zero-order valence-electron chi connectivity index (χ0n) is 10.8. The van der Waals surface area contributed by atoms with Crippen molar-refractivity contribution < 1.29 is 10.2 Å². The van der Waals surface area contributed by atoms with Gasteiger partial charge in [0.15, 0.2) is 0 Å². The number of aliphatic hydroxyl groups is 2. The van der Waals surface area contributed by atoms with Gasteiger partial charge >= 0.3 is 0 Å². The number of rotatable bonds is 1. The van der Waals surface area contributed by atoms with Crippen LogP contribution in [0.1, 0.15) is 39.0 Å². The lowest BCUT2D eigenvalue weighted by Crippen LogP contribution is -2.21. The molecule has 0 aromatic rings. The third-order valence-corrected chi connectivity index (χ3v) is 3.70. The molecule has 2 heteroatoms. The number of allylic oxidation sites excluding steroid dienone is 1. The molecule has 0 bridgehead atoms. The summed E-state index contributed by atoms with van der Waals surface area (Å²) in [5, 5.41) is 19.9. The van der Waals surface area contributed by atoms with Crippen LogP contribution in [0.3, 0.4) is 0 Å². The first-order valence-corrected chi connectivity index (χ1v) is 6.28. The molecule has 0 aliphatic heterocycles. The minimum atomic E-state index is -0.477. The number of aliphatic hydroxyl groups excluding tert-OH is 2. The van der Waals surface area contributed by atoms with Gasteiger partial charge in [0.25, 0.3) is 0 Å². The lowest BCUT2D eigenvalue weighted by Gasteiger charge is -2.26. The molecule has 0 spiro atoms. The van der Waals surface area contributed by atoms with Crippen LogP contribution in [0.25, 0.3) is 0 Å². The molecular formula is C15H24O2. The molecule has 1 saturated carbocycles. The molecule has 96 valence electrons. The van der Waals surface area contributed by atoms with Crippen molar-refractivity contribution in [3.8, 4) is 0 Å². The first-order chi connectivity index (χ1) is 7.91. The molecule has 2 nitrogen and oxygen atoms in total. The van der Waals surface area contributed by atoms with Crippen LogP contribution in [-0.2, 0) is 0 Å². The summed E-state index contributed by atoms with van der Waals surface area (Å²) >= 11 is 0. The summed E-state index contributed by atoms with van der Waals surface area (Å²) in [6.45, 7) is 13.8. The highest BCUT2D eigenvalue weighted by Gasteiger charge is 2.21. The maximum absolute atomic E-state index is 10.0.